The molecular formula is C17H20N2O5S. The molecule has 0 saturated heterocycles. The summed E-state index contributed by atoms with van der Waals surface area (Å²) in [5.41, 5.74) is 2.85. The van der Waals surface area contributed by atoms with Crippen LogP contribution in [0.4, 0.5) is 0 Å². The van der Waals surface area contributed by atoms with E-state index in [1.54, 1.807) is 19.9 Å². The van der Waals surface area contributed by atoms with Crippen LogP contribution in [0.5, 0.6) is 0 Å². The fourth-order valence-electron chi connectivity index (χ4n) is 3.19. The summed E-state index contributed by atoms with van der Waals surface area (Å²) in [6.07, 6.45) is 3.16. The van der Waals surface area contributed by atoms with E-state index in [0.717, 1.165) is 24.0 Å². The van der Waals surface area contributed by atoms with Crippen LogP contribution in [0, 0.1) is 13.8 Å². The van der Waals surface area contributed by atoms with Gasteiger partial charge in [-0.25, -0.2) is 17.9 Å². The van der Waals surface area contributed by atoms with Crippen LogP contribution < -0.4 is 4.72 Å². The highest BCUT2D eigenvalue weighted by molar-refractivity contribution is 7.89. The predicted octanol–water partition coefficient (Wildman–Crippen LogP) is 2.35. The number of hydrogen-bond donors (Lipinski definition) is 2. The number of nitrogens with one attached hydrogen (secondary N) is 1. The third kappa shape index (κ3) is 3.45. The SMILES string of the molecule is Cc1noc(C)c1CNS(=O)(=O)c1cc(C(=O)O)cc2c1CCCC2. The Kier molecular flexibility index (Phi) is 4.66. The van der Waals surface area contributed by atoms with Crippen LogP contribution >= 0.6 is 0 Å². The molecule has 0 bridgehead atoms. The van der Waals surface area contributed by atoms with Gasteiger partial charge in [0.15, 0.2) is 0 Å². The molecule has 0 saturated carbocycles. The average Bonchev–Trinajstić information content (AvgIpc) is 2.90. The fourth-order valence-corrected chi connectivity index (χ4v) is 4.52. The van der Waals surface area contributed by atoms with E-state index < -0.39 is 16.0 Å². The Morgan fingerprint density at radius 1 is 1.28 bits per heavy atom. The van der Waals surface area contributed by atoms with E-state index in [1.165, 1.54) is 6.07 Å². The zero-order valence-electron chi connectivity index (χ0n) is 14.1. The van der Waals surface area contributed by atoms with Crippen LogP contribution in [0.1, 0.15) is 51.3 Å². The minimum Gasteiger partial charge on any atom is -0.478 e. The van der Waals surface area contributed by atoms with E-state index in [4.69, 9.17) is 4.52 Å². The Labute approximate surface area is 146 Å². The number of carbonyl (C=O) groups is 1. The van der Waals surface area contributed by atoms with Crippen LogP contribution in [-0.2, 0) is 29.4 Å². The van der Waals surface area contributed by atoms with Crippen LogP contribution in [0.3, 0.4) is 0 Å². The standard InChI is InChI=1S/C17H20N2O5S/c1-10-15(11(2)24-19-10)9-18-25(22,23)16-8-13(17(20)21)7-12-5-3-4-6-14(12)16/h7-8,18H,3-6,9H2,1-2H3,(H,20,21). The summed E-state index contributed by atoms with van der Waals surface area (Å²) in [6, 6.07) is 2.84. The highest BCUT2D eigenvalue weighted by atomic mass is 32.2. The Balaban J connectivity index is 1.98. The zero-order chi connectivity index (χ0) is 18.2. The maximum Gasteiger partial charge on any atom is 0.335 e. The minimum absolute atomic E-state index is 0.00151. The third-order valence-electron chi connectivity index (χ3n) is 4.58. The minimum atomic E-state index is -3.85. The molecule has 1 aliphatic rings. The lowest BCUT2D eigenvalue weighted by atomic mass is 9.90. The lowest BCUT2D eigenvalue weighted by molar-refractivity contribution is 0.0696. The Hall–Kier alpha value is -2.19. The molecule has 0 spiro atoms. The van der Waals surface area contributed by atoms with Gasteiger partial charge in [0.25, 0.3) is 0 Å². The highest BCUT2D eigenvalue weighted by Gasteiger charge is 2.25. The third-order valence-corrected chi connectivity index (χ3v) is 6.05. The van der Waals surface area contributed by atoms with E-state index in [0.29, 0.717) is 29.9 Å². The van der Waals surface area contributed by atoms with Crippen molar-refractivity contribution in [3.63, 3.8) is 0 Å². The number of aromatic nitrogens is 1. The fraction of sp³-hybridized carbons (Fsp3) is 0.412. The van der Waals surface area contributed by atoms with Gasteiger partial charge in [-0.3, -0.25) is 0 Å². The van der Waals surface area contributed by atoms with Crippen LogP contribution in [0.15, 0.2) is 21.6 Å². The highest BCUT2D eigenvalue weighted by Crippen LogP contribution is 2.29. The Morgan fingerprint density at radius 2 is 2.00 bits per heavy atom. The lowest BCUT2D eigenvalue weighted by Gasteiger charge is -2.20. The topological polar surface area (TPSA) is 110 Å². The number of benzene rings is 1. The number of aromatic carboxylic acids is 1. The molecule has 8 heteroatoms. The van der Waals surface area contributed by atoms with E-state index in [2.05, 4.69) is 9.88 Å². The van der Waals surface area contributed by atoms with E-state index in [-0.39, 0.29) is 17.0 Å². The number of rotatable bonds is 5. The molecule has 0 aliphatic heterocycles. The lowest BCUT2D eigenvalue weighted by Crippen LogP contribution is -2.26. The van der Waals surface area contributed by atoms with Crippen molar-refractivity contribution >= 4 is 16.0 Å². The Bertz CT molecular complexity index is 911. The molecular weight excluding hydrogens is 344 g/mol. The molecule has 2 aromatic rings. The second kappa shape index (κ2) is 6.61. The molecule has 0 fully saturated rings. The Morgan fingerprint density at radius 3 is 2.64 bits per heavy atom. The average molecular weight is 364 g/mol. The van der Waals surface area contributed by atoms with Gasteiger partial charge in [-0.05, 0) is 62.8 Å². The maximum absolute atomic E-state index is 12.8. The number of aryl methyl sites for hydroxylation is 3. The van der Waals surface area contributed by atoms with Gasteiger partial charge >= 0.3 is 5.97 Å². The second-order valence-corrected chi connectivity index (χ2v) is 7.99. The summed E-state index contributed by atoms with van der Waals surface area (Å²) in [4.78, 5) is 11.4. The summed E-state index contributed by atoms with van der Waals surface area (Å²) >= 11 is 0. The molecule has 1 heterocycles. The number of fused-ring (bicyclic) bond motifs is 1. The van der Waals surface area contributed by atoms with Crippen molar-refractivity contribution in [2.75, 3.05) is 0 Å². The summed E-state index contributed by atoms with van der Waals surface area (Å²) in [7, 11) is -3.85. The van der Waals surface area contributed by atoms with Crippen molar-refractivity contribution in [1.29, 1.82) is 0 Å². The molecule has 0 unspecified atom stereocenters. The van der Waals surface area contributed by atoms with Gasteiger partial charge < -0.3 is 9.63 Å². The van der Waals surface area contributed by atoms with Gasteiger partial charge in [0.1, 0.15) is 5.76 Å². The van der Waals surface area contributed by atoms with Crippen molar-refractivity contribution in [2.45, 2.75) is 51.0 Å². The molecule has 1 aliphatic carbocycles. The molecule has 0 atom stereocenters. The van der Waals surface area contributed by atoms with Crippen molar-refractivity contribution in [1.82, 2.24) is 9.88 Å². The molecule has 134 valence electrons. The first kappa shape index (κ1) is 17.6. The molecule has 25 heavy (non-hydrogen) atoms. The number of carboxylic acid groups (broad SMARTS) is 1. The number of sulfonamides is 1. The van der Waals surface area contributed by atoms with Crippen LogP contribution in [0.2, 0.25) is 0 Å². The van der Waals surface area contributed by atoms with Crippen molar-refractivity contribution < 1.29 is 22.8 Å². The summed E-state index contributed by atoms with van der Waals surface area (Å²) in [5.74, 6) is -0.572. The van der Waals surface area contributed by atoms with Crippen LogP contribution in [0.25, 0.3) is 0 Å². The number of hydrogen-bond acceptors (Lipinski definition) is 5. The normalized spacial score (nSPS) is 14.3. The smallest absolute Gasteiger partial charge is 0.335 e. The van der Waals surface area contributed by atoms with Gasteiger partial charge in [-0.2, -0.15) is 0 Å². The van der Waals surface area contributed by atoms with E-state index in [1.807, 2.05) is 0 Å². The monoisotopic (exact) mass is 364 g/mol. The molecule has 2 N–H and O–H groups in total. The molecule has 3 rings (SSSR count). The zero-order valence-corrected chi connectivity index (χ0v) is 14.9. The van der Waals surface area contributed by atoms with Gasteiger partial charge in [-0.1, -0.05) is 5.16 Å². The van der Waals surface area contributed by atoms with Crippen molar-refractivity contribution in [2.24, 2.45) is 0 Å². The number of nitrogens with zero attached hydrogens (tertiary/aromatic N) is 1. The molecule has 7 nitrogen and oxygen atoms in total. The van der Waals surface area contributed by atoms with Gasteiger partial charge in [0.2, 0.25) is 10.0 Å². The first-order valence-corrected chi connectivity index (χ1v) is 9.58. The molecule has 1 aromatic carbocycles. The molecule has 0 amide bonds. The maximum atomic E-state index is 12.8. The van der Waals surface area contributed by atoms with Crippen LogP contribution in [-0.4, -0.2) is 24.7 Å². The second-order valence-electron chi connectivity index (χ2n) is 6.25. The predicted molar refractivity (Wildman–Crippen MR) is 90.0 cm³/mol. The van der Waals surface area contributed by atoms with Crippen molar-refractivity contribution in [3.8, 4) is 0 Å². The number of carboxylic acids is 1. The quantitative estimate of drug-likeness (QED) is 0.843. The molecule has 0 radical (unpaired) electrons. The summed E-state index contributed by atoms with van der Waals surface area (Å²) < 4.78 is 33.3. The van der Waals surface area contributed by atoms with Crippen molar-refractivity contribution in [3.05, 3.63) is 45.8 Å². The van der Waals surface area contributed by atoms with E-state index in [9.17, 15) is 18.3 Å². The summed E-state index contributed by atoms with van der Waals surface area (Å²) in [6.45, 7) is 3.51. The largest absolute Gasteiger partial charge is 0.478 e. The van der Waals surface area contributed by atoms with Gasteiger partial charge in [-0.15, -0.1) is 0 Å². The molecule has 1 aromatic heterocycles. The summed E-state index contributed by atoms with van der Waals surface area (Å²) in [5, 5.41) is 13.1. The first-order chi connectivity index (χ1) is 11.8. The first-order valence-electron chi connectivity index (χ1n) is 8.10. The van der Waals surface area contributed by atoms with E-state index >= 15 is 0 Å². The van der Waals surface area contributed by atoms with Gasteiger partial charge in [0.05, 0.1) is 16.2 Å². The van der Waals surface area contributed by atoms with Gasteiger partial charge in [0, 0.05) is 12.1 Å².